The molecule has 0 amide bonds. The quantitative estimate of drug-likeness (QED) is 0.807. The Kier molecular flexibility index (Phi) is 5.23. The van der Waals surface area contributed by atoms with Crippen molar-refractivity contribution in [2.45, 2.75) is 58.4 Å². The van der Waals surface area contributed by atoms with Gasteiger partial charge in [-0.3, -0.25) is 0 Å². The van der Waals surface area contributed by atoms with Gasteiger partial charge < -0.3 is 5.32 Å². The summed E-state index contributed by atoms with van der Waals surface area (Å²) in [6.45, 7) is 7.77. The molecule has 0 unspecified atom stereocenters. The summed E-state index contributed by atoms with van der Waals surface area (Å²) in [4.78, 5) is 1.40. The van der Waals surface area contributed by atoms with E-state index in [2.05, 4.69) is 49.7 Å². The van der Waals surface area contributed by atoms with Crippen LogP contribution in [0.1, 0.15) is 57.8 Å². The lowest BCUT2D eigenvalue weighted by molar-refractivity contribution is 0.378. The van der Waals surface area contributed by atoms with Crippen molar-refractivity contribution in [3.8, 4) is 0 Å². The standard InChI is InChI=1S/C17H27NS/c1-17(2,3)18-13-15(12-16-10-7-11-19-16)14-8-5-4-6-9-14/h7,10-12,14,18H,4-6,8-9,13H2,1-3H3. The zero-order chi connectivity index (χ0) is 13.7. The van der Waals surface area contributed by atoms with E-state index in [4.69, 9.17) is 0 Å². The Labute approximate surface area is 122 Å². The van der Waals surface area contributed by atoms with E-state index in [0.717, 1.165) is 12.5 Å². The molecule has 0 saturated heterocycles. The Bertz CT molecular complexity index is 391. The summed E-state index contributed by atoms with van der Waals surface area (Å²) in [5.41, 5.74) is 1.81. The maximum Gasteiger partial charge on any atom is 0.0270 e. The van der Waals surface area contributed by atoms with Crippen LogP contribution in [0, 0.1) is 5.92 Å². The van der Waals surface area contributed by atoms with Gasteiger partial charge in [-0.15, -0.1) is 11.3 Å². The molecule has 1 fully saturated rings. The van der Waals surface area contributed by atoms with Crippen molar-refractivity contribution in [2.75, 3.05) is 6.54 Å². The van der Waals surface area contributed by atoms with Crippen LogP contribution in [0.25, 0.3) is 6.08 Å². The molecule has 1 saturated carbocycles. The first kappa shape index (κ1) is 14.8. The molecule has 1 aliphatic rings. The summed E-state index contributed by atoms with van der Waals surface area (Å²) in [7, 11) is 0. The van der Waals surface area contributed by atoms with Crippen LogP contribution in [0.15, 0.2) is 23.1 Å². The van der Waals surface area contributed by atoms with Crippen molar-refractivity contribution in [3.05, 3.63) is 28.0 Å². The molecular weight excluding hydrogens is 250 g/mol. The van der Waals surface area contributed by atoms with Gasteiger partial charge in [0.05, 0.1) is 0 Å². The van der Waals surface area contributed by atoms with E-state index in [-0.39, 0.29) is 5.54 Å². The average Bonchev–Trinajstić information content (AvgIpc) is 2.87. The van der Waals surface area contributed by atoms with Crippen LogP contribution in [0.5, 0.6) is 0 Å². The zero-order valence-electron chi connectivity index (χ0n) is 12.5. The normalized spacial score (nSPS) is 18.8. The van der Waals surface area contributed by atoms with Gasteiger partial charge in [0.15, 0.2) is 0 Å². The van der Waals surface area contributed by atoms with E-state index in [0.29, 0.717) is 0 Å². The number of thiophene rings is 1. The number of hydrogen-bond donors (Lipinski definition) is 1. The van der Waals surface area contributed by atoms with E-state index in [9.17, 15) is 0 Å². The molecule has 1 aromatic heterocycles. The summed E-state index contributed by atoms with van der Waals surface area (Å²) in [5, 5.41) is 5.84. The van der Waals surface area contributed by atoms with E-state index >= 15 is 0 Å². The molecular formula is C17H27NS. The highest BCUT2D eigenvalue weighted by molar-refractivity contribution is 7.10. The predicted molar refractivity (Wildman–Crippen MR) is 86.6 cm³/mol. The first-order valence-corrected chi connectivity index (χ1v) is 8.41. The minimum atomic E-state index is 0.198. The van der Waals surface area contributed by atoms with Crippen LogP contribution in [-0.2, 0) is 0 Å². The van der Waals surface area contributed by atoms with Crippen LogP contribution >= 0.6 is 11.3 Å². The molecule has 106 valence electrons. The molecule has 0 aromatic carbocycles. The summed E-state index contributed by atoms with van der Waals surface area (Å²) in [6, 6.07) is 4.37. The molecule has 1 aliphatic carbocycles. The van der Waals surface area contributed by atoms with Crippen molar-refractivity contribution >= 4 is 17.4 Å². The van der Waals surface area contributed by atoms with Crippen LogP contribution in [0.3, 0.4) is 0 Å². The zero-order valence-corrected chi connectivity index (χ0v) is 13.4. The fourth-order valence-corrected chi connectivity index (χ4v) is 3.40. The summed E-state index contributed by atoms with van der Waals surface area (Å²) < 4.78 is 0. The molecule has 1 heterocycles. The van der Waals surface area contributed by atoms with Crippen molar-refractivity contribution in [3.63, 3.8) is 0 Å². The Morgan fingerprint density at radius 2 is 2.05 bits per heavy atom. The van der Waals surface area contributed by atoms with Gasteiger partial charge in [-0.1, -0.05) is 30.9 Å². The van der Waals surface area contributed by atoms with E-state index < -0.39 is 0 Å². The van der Waals surface area contributed by atoms with Gasteiger partial charge in [-0.2, -0.15) is 0 Å². The van der Waals surface area contributed by atoms with Crippen LogP contribution in [-0.4, -0.2) is 12.1 Å². The molecule has 0 radical (unpaired) electrons. The lowest BCUT2D eigenvalue weighted by Crippen LogP contribution is -2.38. The van der Waals surface area contributed by atoms with Gasteiger partial charge in [-0.05, 0) is 57.1 Å². The highest BCUT2D eigenvalue weighted by Crippen LogP contribution is 2.31. The van der Waals surface area contributed by atoms with Crippen molar-refractivity contribution in [2.24, 2.45) is 5.92 Å². The summed E-state index contributed by atoms with van der Waals surface area (Å²) >= 11 is 1.84. The van der Waals surface area contributed by atoms with Crippen LogP contribution in [0.2, 0.25) is 0 Å². The van der Waals surface area contributed by atoms with Crippen LogP contribution < -0.4 is 5.32 Å². The van der Waals surface area contributed by atoms with Gasteiger partial charge in [0.2, 0.25) is 0 Å². The second-order valence-electron chi connectivity index (χ2n) is 6.67. The summed E-state index contributed by atoms with van der Waals surface area (Å²) in [6.07, 6.45) is 9.42. The second kappa shape index (κ2) is 6.71. The fraction of sp³-hybridized carbons (Fsp3) is 0.647. The maximum atomic E-state index is 3.67. The third kappa shape index (κ3) is 5.12. The highest BCUT2D eigenvalue weighted by Gasteiger charge is 2.19. The SMILES string of the molecule is CC(C)(C)NCC(=Cc1cccs1)C1CCCCC1. The minimum absolute atomic E-state index is 0.198. The van der Waals surface area contributed by atoms with Gasteiger partial charge in [0, 0.05) is 17.0 Å². The average molecular weight is 277 g/mol. The molecule has 2 heteroatoms. The lowest BCUT2D eigenvalue weighted by atomic mass is 9.83. The third-order valence-corrected chi connectivity index (χ3v) is 4.64. The van der Waals surface area contributed by atoms with E-state index in [1.54, 1.807) is 5.57 Å². The Morgan fingerprint density at radius 1 is 1.32 bits per heavy atom. The molecule has 0 aliphatic heterocycles. The second-order valence-corrected chi connectivity index (χ2v) is 7.65. The molecule has 0 spiro atoms. The van der Waals surface area contributed by atoms with Crippen molar-refractivity contribution in [1.29, 1.82) is 0 Å². The number of hydrogen-bond acceptors (Lipinski definition) is 2. The maximum absolute atomic E-state index is 3.67. The highest BCUT2D eigenvalue weighted by atomic mass is 32.1. The molecule has 0 atom stereocenters. The molecule has 1 N–H and O–H groups in total. The van der Waals surface area contributed by atoms with Crippen molar-refractivity contribution < 1.29 is 0 Å². The molecule has 0 bridgehead atoms. The van der Waals surface area contributed by atoms with E-state index in [1.807, 2.05) is 11.3 Å². The number of nitrogens with one attached hydrogen (secondary N) is 1. The molecule has 19 heavy (non-hydrogen) atoms. The van der Waals surface area contributed by atoms with Gasteiger partial charge in [-0.25, -0.2) is 0 Å². The van der Waals surface area contributed by atoms with Crippen LogP contribution in [0.4, 0.5) is 0 Å². The Balaban J connectivity index is 2.08. The lowest BCUT2D eigenvalue weighted by Gasteiger charge is -2.28. The third-order valence-electron chi connectivity index (χ3n) is 3.82. The molecule has 2 rings (SSSR count). The fourth-order valence-electron chi connectivity index (χ4n) is 2.71. The topological polar surface area (TPSA) is 12.0 Å². The van der Waals surface area contributed by atoms with Gasteiger partial charge in [0.25, 0.3) is 0 Å². The minimum Gasteiger partial charge on any atom is -0.308 e. The Hall–Kier alpha value is -0.600. The first-order valence-electron chi connectivity index (χ1n) is 7.53. The van der Waals surface area contributed by atoms with Crippen molar-refractivity contribution in [1.82, 2.24) is 5.32 Å². The first-order chi connectivity index (χ1) is 9.04. The number of rotatable bonds is 4. The van der Waals surface area contributed by atoms with Gasteiger partial charge >= 0.3 is 0 Å². The van der Waals surface area contributed by atoms with E-state index in [1.165, 1.54) is 37.0 Å². The monoisotopic (exact) mass is 277 g/mol. The molecule has 1 nitrogen and oxygen atoms in total. The van der Waals surface area contributed by atoms with Gasteiger partial charge in [0.1, 0.15) is 0 Å². The smallest absolute Gasteiger partial charge is 0.0270 e. The Morgan fingerprint density at radius 3 is 2.63 bits per heavy atom. The summed E-state index contributed by atoms with van der Waals surface area (Å²) in [5.74, 6) is 0.797. The largest absolute Gasteiger partial charge is 0.308 e. The predicted octanol–water partition coefficient (Wildman–Crippen LogP) is 5.10. The molecule has 1 aromatic rings.